The summed E-state index contributed by atoms with van der Waals surface area (Å²) in [7, 11) is 0. The van der Waals surface area contributed by atoms with E-state index in [2.05, 4.69) is 39.7 Å². The summed E-state index contributed by atoms with van der Waals surface area (Å²) in [5.74, 6) is 0.931. The Labute approximate surface area is 101 Å². The Morgan fingerprint density at radius 3 is 2.00 bits per heavy atom. The summed E-state index contributed by atoms with van der Waals surface area (Å²) in [6, 6.07) is 4.68. The van der Waals surface area contributed by atoms with Gasteiger partial charge in [0.25, 0.3) is 0 Å². The molecule has 0 radical (unpaired) electrons. The Morgan fingerprint density at radius 2 is 1.50 bits per heavy atom. The minimum Gasteiger partial charge on any atom is -0.0814 e. The molecule has 0 unspecified atom stereocenters. The van der Waals surface area contributed by atoms with Gasteiger partial charge in [-0.2, -0.15) is 0 Å². The third kappa shape index (κ3) is 2.19. The number of hydrogen-bond donors (Lipinski definition) is 0. The fourth-order valence-electron chi connectivity index (χ4n) is 3.60. The van der Waals surface area contributed by atoms with E-state index in [1.54, 1.807) is 5.46 Å². The van der Waals surface area contributed by atoms with Crippen LogP contribution in [0.5, 0.6) is 0 Å². The van der Waals surface area contributed by atoms with Crippen LogP contribution in [0.4, 0.5) is 0 Å². The Kier molecular flexibility index (Phi) is 3.42. The molecular formula is C15H23B. The molecule has 1 aliphatic rings. The second-order valence-electron chi connectivity index (χ2n) is 5.65. The predicted octanol–water partition coefficient (Wildman–Crippen LogP) is 3.89. The molecule has 1 heteroatoms. The number of benzene rings is 1. The van der Waals surface area contributed by atoms with Gasteiger partial charge in [0.15, 0.2) is 6.71 Å². The zero-order valence-electron chi connectivity index (χ0n) is 11.1. The van der Waals surface area contributed by atoms with Gasteiger partial charge in [-0.05, 0) is 20.8 Å². The molecule has 0 bridgehead atoms. The van der Waals surface area contributed by atoms with Crippen LogP contribution in [0, 0.1) is 20.8 Å². The quantitative estimate of drug-likeness (QED) is 0.655. The maximum absolute atomic E-state index is 2.43. The van der Waals surface area contributed by atoms with Gasteiger partial charge in [-0.25, -0.2) is 0 Å². The Bertz CT molecular complexity index is 352. The second kappa shape index (κ2) is 4.65. The molecule has 86 valence electrons. The Morgan fingerprint density at radius 1 is 1.00 bits per heavy atom. The minimum atomic E-state index is 0.753. The van der Waals surface area contributed by atoms with Crippen molar-refractivity contribution in [1.82, 2.24) is 0 Å². The van der Waals surface area contributed by atoms with Crippen molar-refractivity contribution in [2.45, 2.75) is 59.1 Å². The summed E-state index contributed by atoms with van der Waals surface area (Å²) >= 11 is 0. The summed E-state index contributed by atoms with van der Waals surface area (Å²) in [5, 5.41) is 0. The van der Waals surface area contributed by atoms with Crippen LogP contribution in [-0.2, 0) is 0 Å². The summed E-state index contributed by atoms with van der Waals surface area (Å²) < 4.78 is 0. The summed E-state index contributed by atoms with van der Waals surface area (Å²) in [4.78, 5) is 0. The molecular weight excluding hydrogens is 191 g/mol. The van der Waals surface area contributed by atoms with E-state index in [0.717, 1.165) is 12.5 Å². The molecule has 1 aromatic rings. The molecule has 16 heavy (non-hydrogen) atoms. The van der Waals surface area contributed by atoms with Crippen LogP contribution >= 0.6 is 0 Å². The molecule has 1 saturated carbocycles. The first kappa shape index (κ1) is 11.8. The van der Waals surface area contributed by atoms with Gasteiger partial charge in [0.05, 0.1) is 0 Å². The van der Waals surface area contributed by atoms with Gasteiger partial charge in [-0.1, -0.05) is 72.6 Å². The smallest absolute Gasteiger partial charge is 0.0814 e. The van der Waals surface area contributed by atoms with Crippen molar-refractivity contribution in [3.63, 3.8) is 0 Å². The molecule has 0 atom stereocenters. The Hall–Kier alpha value is -0.715. The highest BCUT2D eigenvalue weighted by molar-refractivity contribution is 6.74. The molecule has 0 spiro atoms. The summed E-state index contributed by atoms with van der Waals surface area (Å²) in [5.41, 5.74) is 6.02. The summed E-state index contributed by atoms with van der Waals surface area (Å²) in [6.45, 7) is 9.94. The zero-order valence-corrected chi connectivity index (χ0v) is 11.1. The SMILES string of the molecule is CB(c1c(C)cc(C)cc1C)C1CCCC1. The fourth-order valence-corrected chi connectivity index (χ4v) is 3.60. The minimum absolute atomic E-state index is 0.753. The van der Waals surface area contributed by atoms with E-state index in [-0.39, 0.29) is 0 Å². The van der Waals surface area contributed by atoms with Crippen LogP contribution in [0.25, 0.3) is 0 Å². The van der Waals surface area contributed by atoms with Crippen LogP contribution in [0.15, 0.2) is 12.1 Å². The number of rotatable bonds is 2. The van der Waals surface area contributed by atoms with E-state index in [0.29, 0.717) is 0 Å². The van der Waals surface area contributed by atoms with Crippen molar-refractivity contribution >= 4 is 12.2 Å². The maximum Gasteiger partial charge on any atom is 0.176 e. The lowest BCUT2D eigenvalue weighted by molar-refractivity contribution is 0.860. The molecule has 1 aromatic carbocycles. The molecule has 0 saturated heterocycles. The first-order valence-corrected chi connectivity index (χ1v) is 6.67. The monoisotopic (exact) mass is 214 g/mol. The molecule has 0 nitrogen and oxygen atoms in total. The lowest BCUT2D eigenvalue weighted by Crippen LogP contribution is -2.35. The van der Waals surface area contributed by atoms with E-state index >= 15 is 0 Å². The van der Waals surface area contributed by atoms with Crippen molar-refractivity contribution in [2.24, 2.45) is 0 Å². The van der Waals surface area contributed by atoms with E-state index in [4.69, 9.17) is 0 Å². The first-order chi connectivity index (χ1) is 7.59. The van der Waals surface area contributed by atoms with Gasteiger partial charge < -0.3 is 0 Å². The standard InChI is InChI=1S/C15H23B/c1-11-9-12(2)15(13(3)10-11)16(4)14-7-5-6-8-14/h9-10,14H,5-8H2,1-4H3. The highest BCUT2D eigenvalue weighted by atomic mass is 14.2. The molecule has 1 aliphatic carbocycles. The van der Waals surface area contributed by atoms with Crippen molar-refractivity contribution in [3.8, 4) is 0 Å². The van der Waals surface area contributed by atoms with Crippen LogP contribution in [0.3, 0.4) is 0 Å². The largest absolute Gasteiger partial charge is 0.176 e. The zero-order chi connectivity index (χ0) is 11.7. The van der Waals surface area contributed by atoms with E-state index in [9.17, 15) is 0 Å². The van der Waals surface area contributed by atoms with Crippen LogP contribution in [0.2, 0.25) is 12.6 Å². The van der Waals surface area contributed by atoms with Crippen molar-refractivity contribution in [1.29, 1.82) is 0 Å². The fraction of sp³-hybridized carbons (Fsp3) is 0.600. The molecule has 1 fully saturated rings. The Balaban J connectivity index is 2.31. The predicted molar refractivity (Wildman–Crippen MR) is 74.1 cm³/mol. The molecule has 0 heterocycles. The molecule has 0 aromatic heterocycles. The molecule has 0 N–H and O–H groups in total. The van der Waals surface area contributed by atoms with Crippen molar-refractivity contribution in [3.05, 3.63) is 28.8 Å². The van der Waals surface area contributed by atoms with E-state index in [1.165, 1.54) is 42.4 Å². The van der Waals surface area contributed by atoms with Gasteiger partial charge in [0, 0.05) is 0 Å². The van der Waals surface area contributed by atoms with Gasteiger partial charge in [0.1, 0.15) is 0 Å². The van der Waals surface area contributed by atoms with Crippen LogP contribution < -0.4 is 5.46 Å². The highest BCUT2D eigenvalue weighted by Gasteiger charge is 2.27. The maximum atomic E-state index is 2.43. The molecule has 0 aliphatic heterocycles. The molecule has 2 rings (SSSR count). The van der Waals surface area contributed by atoms with Gasteiger partial charge in [-0.15, -0.1) is 0 Å². The number of hydrogen-bond acceptors (Lipinski definition) is 0. The van der Waals surface area contributed by atoms with Crippen molar-refractivity contribution < 1.29 is 0 Å². The van der Waals surface area contributed by atoms with Gasteiger partial charge in [-0.3, -0.25) is 0 Å². The lowest BCUT2D eigenvalue weighted by atomic mass is 9.37. The third-order valence-corrected chi connectivity index (χ3v) is 4.30. The summed E-state index contributed by atoms with van der Waals surface area (Å²) in [6.07, 6.45) is 5.76. The van der Waals surface area contributed by atoms with Gasteiger partial charge >= 0.3 is 0 Å². The van der Waals surface area contributed by atoms with E-state index < -0.39 is 0 Å². The first-order valence-electron chi connectivity index (χ1n) is 6.67. The van der Waals surface area contributed by atoms with Crippen LogP contribution in [-0.4, -0.2) is 6.71 Å². The average molecular weight is 214 g/mol. The highest BCUT2D eigenvalue weighted by Crippen LogP contribution is 2.33. The third-order valence-electron chi connectivity index (χ3n) is 4.30. The van der Waals surface area contributed by atoms with Crippen molar-refractivity contribution in [2.75, 3.05) is 0 Å². The number of aryl methyl sites for hydroxylation is 3. The van der Waals surface area contributed by atoms with Crippen LogP contribution in [0.1, 0.15) is 42.4 Å². The van der Waals surface area contributed by atoms with E-state index in [1.807, 2.05) is 0 Å². The molecule has 0 amide bonds. The van der Waals surface area contributed by atoms with Gasteiger partial charge in [0.2, 0.25) is 0 Å². The average Bonchev–Trinajstić information content (AvgIpc) is 2.67. The lowest BCUT2D eigenvalue weighted by Gasteiger charge is -2.21. The topological polar surface area (TPSA) is 0 Å². The normalized spacial score (nSPS) is 16.8. The second-order valence-corrected chi connectivity index (χ2v) is 5.65.